The number of hydrogen-bond donors (Lipinski definition) is 10. The van der Waals surface area contributed by atoms with Crippen LogP contribution in [0.2, 0.25) is 0 Å². The van der Waals surface area contributed by atoms with E-state index >= 15 is 0 Å². The van der Waals surface area contributed by atoms with Crippen molar-refractivity contribution in [1.82, 2.24) is 10.6 Å². The monoisotopic (exact) mass is 1140 g/mol. The summed E-state index contributed by atoms with van der Waals surface area (Å²) >= 11 is 0. The van der Waals surface area contributed by atoms with Gasteiger partial charge in [-0.3, -0.25) is 23.7 Å². The highest BCUT2D eigenvalue weighted by Gasteiger charge is 2.51. The summed E-state index contributed by atoms with van der Waals surface area (Å²) in [4.78, 5) is 71.2. The number of amides is 2. The summed E-state index contributed by atoms with van der Waals surface area (Å²) in [5.41, 5.74) is 0. The van der Waals surface area contributed by atoms with Crippen molar-refractivity contribution in [1.29, 1.82) is 0 Å². The maximum atomic E-state index is 14.0. The third kappa shape index (κ3) is 32.3. The van der Waals surface area contributed by atoms with Crippen molar-refractivity contribution in [3.63, 3.8) is 0 Å². The van der Waals surface area contributed by atoms with Gasteiger partial charge in [-0.05, 0) is 32.1 Å². The van der Waals surface area contributed by atoms with E-state index in [0.29, 0.717) is 32.1 Å². The van der Waals surface area contributed by atoms with Gasteiger partial charge in [0.2, 0.25) is 11.8 Å². The van der Waals surface area contributed by atoms with Gasteiger partial charge in [0.1, 0.15) is 54.8 Å². The number of esters is 1. The van der Waals surface area contributed by atoms with Crippen LogP contribution in [0.15, 0.2) is 0 Å². The summed E-state index contributed by atoms with van der Waals surface area (Å²) in [7, 11) is -5.34. The molecule has 21 nitrogen and oxygen atoms in total. The molecule has 2 rings (SSSR count). The lowest BCUT2D eigenvalue weighted by Crippen LogP contribution is -2.67. The Morgan fingerprint density at radius 3 is 1.50 bits per heavy atom. The molecule has 0 radical (unpaired) electrons. The van der Waals surface area contributed by atoms with Crippen molar-refractivity contribution in [2.75, 3.05) is 19.8 Å². The van der Waals surface area contributed by atoms with Crippen LogP contribution < -0.4 is 10.6 Å². The number of unbranched alkanes of at least 4 members (excludes halogenated alkanes) is 24. The van der Waals surface area contributed by atoms with E-state index in [1.165, 1.54) is 70.6 Å². The van der Waals surface area contributed by atoms with Gasteiger partial charge in [0, 0.05) is 12.8 Å². The predicted molar refractivity (Wildman–Crippen MR) is 293 cm³/mol. The molecule has 0 aliphatic carbocycles. The highest BCUT2D eigenvalue weighted by molar-refractivity contribution is 7.46. The molecule has 78 heavy (non-hydrogen) atoms. The molecular formula is C56H105N2O19P. The molecule has 0 saturated carbocycles. The SMILES string of the molecule is CCCCCCCCCCCC(=O)O[C@H](CCCCCCCCCCC)CC(=O)N[C@H]1[C@H](OC[C@H]2O[C@H](OCCCC(=O)O)[C@H](NC(=O)C[C@H](O)CCCCCCCCCCC)[C@@H](O)[C@@H]2O)O[C@H](CO)[C@@H](OP(=O)(O)O)[C@@H]1O. The molecule has 0 unspecified atom stereocenters. The second-order valence-electron chi connectivity index (χ2n) is 21.7. The second-order valence-corrected chi connectivity index (χ2v) is 22.9. The fourth-order valence-corrected chi connectivity index (χ4v) is 10.6. The van der Waals surface area contributed by atoms with Gasteiger partial charge in [-0.15, -0.1) is 0 Å². The number of aliphatic hydroxyl groups is 5. The minimum Gasteiger partial charge on any atom is -0.481 e. The average Bonchev–Trinajstić information content (AvgIpc) is 3.38. The Morgan fingerprint density at radius 1 is 0.551 bits per heavy atom. The van der Waals surface area contributed by atoms with E-state index in [2.05, 4.69) is 31.4 Å². The van der Waals surface area contributed by atoms with Crippen LogP contribution in [0.25, 0.3) is 0 Å². The van der Waals surface area contributed by atoms with Gasteiger partial charge in [0.25, 0.3) is 0 Å². The zero-order valence-corrected chi connectivity index (χ0v) is 48.5. The molecule has 0 spiro atoms. The van der Waals surface area contributed by atoms with E-state index in [1.807, 2.05) is 0 Å². The molecule has 10 N–H and O–H groups in total. The highest BCUT2D eigenvalue weighted by atomic mass is 31.2. The summed E-state index contributed by atoms with van der Waals surface area (Å²) in [6.45, 7) is 4.70. The van der Waals surface area contributed by atoms with E-state index in [9.17, 15) is 64.2 Å². The zero-order chi connectivity index (χ0) is 57.6. The minimum atomic E-state index is -5.34. The topological polar surface area (TPSA) is 327 Å². The Hall–Kier alpha value is -2.37. The zero-order valence-electron chi connectivity index (χ0n) is 47.6. The molecule has 2 amide bonds. The number of carboxylic acid groups (broad SMARTS) is 1. The van der Waals surface area contributed by atoms with Gasteiger partial charge in [0.15, 0.2) is 12.6 Å². The maximum Gasteiger partial charge on any atom is 0.470 e. The number of nitrogens with one attached hydrogen (secondary N) is 2. The quantitative estimate of drug-likeness (QED) is 0.0159. The molecule has 2 heterocycles. The van der Waals surface area contributed by atoms with Crippen LogP contribution in [0.4, 0.5) is 0 Å². The first-order valence-corrected chi connectivity index (χ1v) is 31.6. The molecule has 2 aliphatic heterocycles. The smallest absolute Gasteiger partial charge is 0.470 e. The first kappa shape index (κ1) is 71.7. The Labute approximate surface area is 465 Å². The van der Waals surface area contributed by atoms with Gasteiger partial charge < -0.3 is 74.7 Å². The van der Waals surface area contributed by atoms with E-state index in [4.69, 9.17) is 28.2 Å². The largest absolute Gasteiger partial charge is 0.481 e. The number of aliphatic hydroxyl groups excluding tert-OH is 5. The Balaban J connectivity index is 2.22. The van der Waals surface area contributed by atoms with Crippen molar-refractivity contribution in [2.24, 2.45) is 0 Å². The molecule has 2 aliphatic rings. The third-order valence-electron chi connectivity index (χ3n) is 14.6. The summed E-state index contributed by atoms with van der Waals surface area (Å²) in [6, 6.07) is -3.06. The predicted octanol–water partition coefficient (Wildman–Crippen LogP) is 7.67. The fraction of sp³-hybridized carbons (Fsp3) is 0.929. The molecule has 0 aromatic heterocycles. The maximum absolute atomic E-state index is 14.0. The van der Waals surface area contributed by atoms with Crippen LogP contribution in [0.5, 0.6) is 0 Å². The molecule has 458 valence electrons. The molecule has 0 aromatic carbocycles. The number of phosphoric ester groups is 1. The molecule has 2 fully saturated rings. The van der Waals surface area contributed by atoms with Gasteiger partial charge in [-0.2, -0.15) is 0 Å². The van der Waals surface area contributed by atoms with Crippen molar-refractivity contribution in [2.45, 2.75) is 313 Å². The van der Waals surface area contributed by atoms with Crippen molar-refractivity contribution in [3.05, 3.63) is 0 Å². The number of carboxylic acids is 1. The molecule has 22 heteroatoms. The van der Waals surface area contributed by atoms with Crippen molar-refractivity contribution < 1.29 is 92.4 Å². The van der Waals surface area contributed by atoms with Crippen LogP contribution >= 0.6 is 7.82 Å². The number of ether oxygens (including phenoxy) is 5. The van der Waals surface area contributed by atoms with Gasteiger partial charge in [-0.1, -0.05) is 181 Å². The number of carbonyl (C=O) groups excluding carboxylic acids is 3. The number of hydrogen-bond acceptors (Lipinski definition) is 16. The Morgan fingerprint density at radius 2 is 1.00 bits per heavy atom. The second kappa shape index (κ2) is 43.3. The Kier molecular flexibility index (Phi) is 39.8. The standard InChI is InChI=1S/C56H105N2O19P/c1-4-7-10-13-16-19-22-25-28-32-41(60)37-45(61)57-49-52(67)51(66)44(76-55(49)72-36-31-34-47(63)64)40-73-56-50(53(68)54(43(39-59)75-56)77-78(69,70)71)58-46(62)38-42(33-29-26-23-20-17-14-11-8-5-2)74-48(65)35-30-27-24-21-18-15-12-9-6-3/h41-44,49-56,59-60,66-68H,4-40H2,1-3H3,(H,57,61)(H,58,62)(H,63,64)(H2,69,70,71)/t41-,42-,43-,44-,49-,50-,51-,52-,53-,54-,55+,56-/m1/s1. The summed E-state index contributed by atoms with van der Waals surface area (Å²) in [5.74, 6) is -2.96. The van der Waals surface area contributed by atoms with E-state index in [0.717, 1.165) is 83.5 Å². The first-order valence-electron chi connectivity index (χ1n) is 30.1. The molecule has 0 aromatic rings. The molecular weight excluding hydrogens is 1040 g/mol. The molecule has 12 atom stereocenters. The third-order valence-corrected chi connectivity index (χ3v) is 15.1. The lowest BCUT2D eigenvalue weighted by Gasteiger charge is -2.45. The number of rotatable bonds is 48. The van der Waals surface area contributed by atoms with Crippen LogP contribution in [-0.2, 0) is 52.0 Å². The van der Waals surface area contributed by atoms with E-state index in [1.54, 1.807) is 0 Å². The van der Waals surface area contributed by atoms with Crippen LogP contribution in [0.3, 0.4) is 0 Å². The highest BCUT2D eigenvalue weighted by Crippen LogP contribution is 2.41. The van der Waals surface area contributed by atoms with Crippen LogP contribution in [-0.4, -0.2) is 157 Å². The number of phosphoric acid groups is 1. The molecule has 0 bridgehead atoms. The Bertz CT molecular complexity index is 1630. The normalized spacial score (nSPS) is 24.4. The molecule has 2 saturated heterocycles. The summed E-state index contributed by atoms with van der Waals surface area (Å²) < 4.78 is 46.5. The number of carbonyl (C=O) groups is 4. The fourth-order valence-electron chi connectivity index (χ4n) is 10.0. The van der Waals surface area contributed by atoms with E-state index in [-0.39, 0.29) is 38.7 Å². The lowest BCUT2D eigenvalue weighted by molar-refractivity contribution is -0.302. The lowest BCUT2D eigenvalue weighted by atomic mass is 9.95. The van der Waals surface area contributed by atoms with Crippen molar-refractivity contribution in [3.8, 4) is 0 Å². The van der Waals surface area contributed by atoms with Gasteiger partial charge >= 0.3 is 19.8 Å². The first-order chi connectivity index (χ1) is 37.4. The van der Waals surface area contributed by atoms with Gasteiger partial charge in [0.05, 0.1) is 38.8 Å². The number of aliphatic carboxylic acids is 1. The van der Waals surface area contributed by atoms with Gasteiger partial charge in [-0.25, -0.2) is 4.57 Å². The summed E-state index contributed by atoms with van der Waals surface area (Å²) in [5, 5.41) is 69.8. The van der Waals surface area contributed by atoms with E-state index < -0.39 is 118 Å². The summed E-state index contributed by atoms with van der Waals surface area (Å²) in [6.07, 6.45) is 13.1. The van der Waals surface area contributed by atoms with Crippen LogP contribution in [0, 0.1) is 0 Å². The van der Waals surface area contributed by atoms with Crippen LogP contribution in [0.1, 0.15) is 239 Å². The van der Waals surface area contributed by atoms with Crippen molar-refractivity contribution >= 4 is 31.6 Å². The minimum absolute atomic E-state index is 0.0151. The average molecular weight is 1140 g/mol.